The highest BCUT2D eigenvalue weighted by Gasteiger charge is 2.30. The summed E-state index contributed by atoms with van der Waals surface area (Å²) in [6.07, 6.45) is 1.51. The molecule has 0 bridgehead atoms. The molecule has 0 spiro atoms. The number of benzene rings is 7. The molecule has 0 saturated heterocycles. The van der Waals surface area contributed by atoms with E-state index in [1.165, 1.54) is 17.8 Å². The van der Waals surface area contributed by atoms with Crippen molar-refractivity contribution in [1.82, 2.24) is 14.5 Å². The molecule has 1 N–H and O–H groups in total. The molecule has 4 heteroatoms. The van der Waals surface area contributed by atoms with E-state index in [0.717, 1.165) is 38.9 Å². The molecule has 2 heterocycles. The normalized spacial score (nSPS) is 15.4. The van der Waals surface area contributed by atoms with Crippen LogP contribution in [0, 0.1) is 6.92 Å². The maximum Gasteiger partial charge on any atom is 0.149 e. The zero-order valence-corrected chi connectivity index (χ0v) is 41.2. The summed E-state index contributed by atoms with van der Waals surface area (Å²) in [5.41, 5.74) is 5.17. The van der Waals surface area contributed by atoms with Gasteiger partial charge in [-0.15, -0.1) is 0 Å². The fraction of sp³-hybridized carbons (Fsp3) is 0.262. The Morgan fingerprint density at radius 3 is 1.78 bits per heavy atom. The third-order valence-electron chi connectivity index (χ3n) is 13.0. The minimum Gasteiger partial charge on any atom is -0.507 e. The average Bonchev–Trinajstić information content (AvgIpc) is 2.88. The average molecular weight is 917 g/mol. The van der Waals surface area contributed by atoms with Gasteiger partial charge in [0.2, 0.25) is 0 Å². The quantitative estimate of drug-likeness (QED) is 0.173. The van der Waals surface area contributed by atoms with Crippen LogP contribution in [0.4, 0.5) is 0 Å². The van der Waals surface area contributed by atoms with Crippen LogP contribution < -0.4 is 0 Å². The Labute approximate surface area is 426 Å². The summed E-state index contributed by atoms with van der Waals surface area (Å²) in [6, 6.07) is 45.0. The molecule has 0 unspecified atom stereocenters. The Balaban J connectivity index is 1.45. The summed E-state index contributed by atoms with van der Waals surface area (Å²) in [5, 5.41) is 12.7. The zero-order valence-electron chi connectivity index (χ0n) is 52.2. The molecule has 7 aromatic carbocycles. The summed E-state index contributed by atoms with van der Waals surface area (Å²) in [6.45, 7) is 9.46. The van der Waals surface area contributed by atoms with Crippen LogP contribution in [0.15, 0.2) is 164 Å². The van der Waals surface area contributed by atoms with Crippen LogP contribution in [-0.4, -0.2) is 19.6 Å². The molecule has 348 valence electrons. The van der Waals surface area contributed by atoms with Crippen LogP contribution in [0.1, 0.15) is 126 Å². The maximum absolute atomic E-state index is 12.7. The minimum atomic E-state index is -3.81. The third kappa shape index (κ3) is 9.42. The number of fused-ring (bicyclic) bond motifs is 1. The second-order valence-electron chi connectivity index (χ2n) is 21.4. The number of phenolic OH excluding ortho intramolecular Hbond substituents is 1. The standard InChI is InChI=1S/C65H67N3O/c1-41-22-24-42(25-23-41)46-32-33-66-56(38-46)48-34-47(35-50(36-48)63(5,6)7)52-20-17-21-58-59(52)67-61(54-39-51(64(8,9)10)40-55(60(54)69)65(11,12)13)68(58)57-31-28-45(37-53(57)44-18-15-14-16-19-44)43-26-29-49(30-27-43)62(2,3)4/h14-40,69H,1-13H3/i5D3,6D3,7D3,35D,36D. The SMILES string of the molecule is [2H]c1c(-c2cc(-c3ccc(C)cc3)ccn2)cc(-c2cccc3c2nc(-c2cc(C(C)(C)C)cc(C(C)(C)C)c2O)n3-c2ccc(-c3ccc(C(C)(C)C)cc3)cc2-c2ccccc2)c([2H])c1C(C([2H])([2H])[2H])(C([2H])([2H])[2H])C([2H])([2H])[2H]. The molecular formula is C65H67N3O. The highest BCUT2D eigenvalue weighted by atomic mass is 16.3. The monoisotopic (exact) mass is 917 g/mol. The molecule has 2 aromatic heterocycles. The topological polar surface area (TPSA) is 50.9 Å². The van der Waals surface area contributed by atoms with Gasteiger partial charge in [0.15, 0.2) is 0 Å². The maximum atomic E-state index is 12.7. The summed E-state index contributed by atoms with van der Waals surface area (Å²) in [7, 11) is 0. The Bertz CT molecular complexity index is 3780. The van der Waals surface area contributed by atoms with Crippen LogP contribution in [0.25, 0.3) is 83.9 Å². The highest BCUT2D eigenvalue weighted by Crippen LogP contribution is 2.46. The van der Waals surface area contributed by atoms with Gasteiger partial charge in [-0.05, 0) is 127 Å². The van der Waals surface area contributed by atoms with E-state index in [4.69, 9.17) is 17.3 Å². The van der Waals surface area contributed by atoms with Crippen LogP contribution in [0.2, 0.25) is 0 Å². The van der Waals surface area contributed by atoms with E-state index in [0.29, 0.717) is 33.7 Å². The van der Waals surface area contributed by atoms with Crippen molar-refractivity contribution in [2.45, 2.75) is 111 Å². The van der Waals surface area contributed by atoms with Gasteiger partial charge in [0.05, 0.1) is 30.7 Å². The number of aromatic nitrogens is 3. The lowest BCUT2D eigenvalue weighted by molar-refractivity contribution is 0.446. The minimum absolute atomic E-state index is 0.00193. The smallest absolute Gasteiger partial charge is 0.149 e. The predicted molar refractivity (Wildman–Crippen MR) is 293 cm³/mol. The van der Waals surface area contributed by atoms with Crippen molar-refractivity contribution < 1.29 is 20.2 Å². The molecule has 0 fully saturated rings. The molecule has 0 radical (unpaired) electrons. The van der Waals surface area contributed by atoms with E-state index in [2.05, 4.69) is 76.9 Å². The van der Waals surface area contributed by atoms with Gasteiger partial charge >= 0.3 is 0 Å². The van der Waals surface area contributed by atoms with Crippen molar-refractivity contribution in [3.63, 3.8) is 0 Å². The largest absolute Gasteiger partial charge is 0.507 e. The van der Waals surface area contributed by atoms with Gasteiger partial charge in [-0.1, -0.05) is 198 Å². The molecule has 0 aliphatic heterocycles. The first-order valence-corrected chi connectivity index (χ1v) is 23.5. The second kappa shape index (κ2) is 17.5. The number of nitrogens with zero attached hydrogens (tertiary/aromatic N) is 3. The molecule has 4 nitrogen and oxygen atoms in total. The van der Waals surface area contributed by atoms with Crippen molar-refractivity contribution in [2.24, 2.45) is 0 Å². The van der Waals surface area contributed by atoms with Crippen LogP contribution >= 0.6 is 0 Å². The Hall–Kier alpha value is -7.04. The molecule has 0 aliphatic rings. The lowest BCUT2D eigenvalue weighted by atomic mass is 9.79. The molecule has 9 aromatic rings. The van der Waals surface area contributed by atoms with E-state index in [1.807, 2.05) is 117 Å². The van der Waals surface area contributed by atoms with E-state index in [9.17, 15) is 7.85 Å². The number of hydrogen-bond acceptors (Lipinski definition) is 3. The molecule has 0 amide bonds. The van der Waals surface area contributed by atoms with Crippen molar-refractivity contribution in [1.29, 1.82) is 0 Å². The molecular weight excluding hydrogens is 839 g/mol. The summed E-state index contributed by atoms with van der Waals surface area (Å²) in [4.78, 5) is 10.1. The molecule has 0 saturated carbocycles. The number of rotatable bonds is 7. The number of pyridine rings is 1. The van der Waals surface area contributed by atoms with Crippen LogP contribution in [-0.2, 0) is 21.7 Å². The fourth-order valence-corrected chi connectivity index (χ4v) is 8.96. The Morgan fingerprint density at radius 2 is 1.13 bits per heavy atom. The number of phenols is 1. The van der Waals surface area contributed by atoms with Gasteiger partial charge in [-0.3, -0.25) is 9.55 Å². The predicted octanol–water partition coefficient (Wildman–Crippen LogP) is 17.6. The number of imidazole rings is 1. The van der Waals surface area contributed by atoms with Crippen LogP contribution in [0.5, 0.6) is 5.75 Å². The van der Waals surface area contributed by atoms with Gasteiger partial charge in [0, 0.05) is 40.8 Å². The van der Waals surface area contributed by atoms with Gasteiger partial charge < -0.3 is 5.11 Å². The summed E-state index contributed by atoms with van der Waals surface area (Å²) < 4.78 is 102. The first-order chi connectivity index (χ1) is 37.1. The molecule has 0 aliphatic carbocycles. The van der Waals surface area contributed by atoms with Crippen LogP contribution in [0.3, 0.4) is 0 Å². The molecule has 9 rings (SSSR count). The first-order valence-electron chi connectivity index (χ1n) is 29.0. The van der Waals surface area contributed by atoms with Crippen molar-refractivity contribution in [3.05, 3.63) is 192 Å². The van der Waals surface area contributed by atoms with E-state index in [-0.39, 0.29) is 39.1 Å². The van der Waals surface area contributed by atoms with Gasteiger partial charge in [0.1, 0.15) is 11.6 Å². The number of aryl methyl sites for hydroxylation is 1. The van der Waals surface area contributed by atoms with Crippen molar-refractivity contribution in [3.8, 4) is 78.6 Å². The molecule has 0 atom stereocenters. The van der Waals surface area contributed by atoms with E-state index >= 15 is 0 Å². The van der Waals surface area contributed by atoms with Gasteiger partial charge in [-0.2, -0.15) is 0 Å². The lowest BCUT2D eigenvalue weighted by Crippen LogP contribution is -2.17. The Morgan fingerprint density at radius 1 is 0.493 bits per heavy atom. The Kier molecular flexibility index (Phi) is 8.90. The molecule has 69 heavy (non-hydrogen) atoms. The van der Waals surface area contributed by atoms with E-state index in [1.54, 1.807) is 24.3 Å². The van der Waals surface area contributed by atoms with Crippen molar-refractivity contribution in [2.75, 3.05) is 0 Å². The fourth-order valence-electron chi connectivity index (χ4n) is 8.96. The first kappa shape index (κ1) is 35.1. The summed E-state index contributed by atoms with van der Waals surface area (Å²) >= 11 is 0. The lowest BCUT2D eigenvalue weighted by Gasteiger charge is -2.27. The number of hydrogen-bond donors (Lipinski definition) is 1. The van der Waals surface area contributed by atoms with E-state index < -0.39 is 54.4 Å². The second-order valence-corrected chi connectivity index (χ2v) is 21.4. The van der Waals surface area contributed by atoms with Gasteiger partial charge in [0.25, 0.3) is 0 Å². The third-order valence-corrected chi connectivity index (χ3v) is 13.0. The summed E-state index contributed by atoms with van der Waals surface area (Å²) in [5.74, 6) is 0.321. The highest BCUT2D eigenvalue weighted by molar-refractivity contribution is 5.98. The van der Waals surface area contributed by atoms with Crippen molar-refractivity contribution >= 4 is 11.0 Å². The zero-order chi connectivity index (χ0) is 58.4. The number of aromatic hydroxyl groups is 1. The van der Waals surface area contributed by atoms with Gasteiger partial charge in [-0.25, -0.2) is 4.98 Å². The number of para-hydroxylation sites is 1.